The lowest BCUT2D eigenvalue weighted by atomic mass is 11.0. The molecule has 8 heteroatoms. The van der Waals surface area contributed by atoms with Crippen molar-refractivity contribution in [1.29, 1.82) is 0 Å². The highest BCUT2D eigenvalue weighted by Gasteiger charge is 1.89. The molecule has 1 aromatic rings. The monoisotopic (exact) mass is 246 g/mol. The van der Waals surface area contributed by atoms with E-state index in [1.807, 2.05) is 0 Å². The Morgan fingerprint density at radius 1 is 1.58 bits per heavy atom. The fraction of sp³-hybridized carbons (Fsp3) is 0. The van der Waals surface area contributed by atoms with Crippen molar-refractivity contribution in [2.45, 2.75) is 0 Å². The summed E-state index contributed by atoms with van der Waals surface area (Å²) >= 11 is 10.8. The molecule has 4 nitrogen and oxygen atoms in total. The van der Waals surface area contributed by atoms with Crippen LogP contribution >= 0.6 is 47.6 Å². The highest BCUT2D eigenvalue weighted by Crippen LogP contribution is 2.18. The molecule has 1 heterocycles. The second-order valence-corrected chi connectivity index (χ2v) is 3.57. The third kappa shape index (κ3) is 9.70. The number of anilines is 1. The van der Waals surface area contributed by atoms with E-state index in [9.17, 15) is 0 Å². The Hall–Kier alpha value is -0.300. The Kier molecular flexibility index (Phi) is 8.73. The molecule has 0 saturated heterocycles. The quantitative estimate of drug-likeness (QED) is 0.595. The Labute approximate surface area is 90.5 Å². The summed E-state index contributed by atoms with van der Waals surface area (Å²) in [5.74, 6) is 0. The van der Waals surface area contributed by atoms with Crippen LogP contribution in [-0.2, 0) is 0 Å². The van der Waals surface area contributed by atoms with Gasteiger partial charge >= 0.3 is 0 Å². The standard InChI is InChI=1S/C3H3ClN2S.CH4N2S.ClH/c4-2-1-6-3(5)7-2;2-1(3)4;/h1H,(H2,5,6);(H4,2,3,4);1H. The minimum Gasteiger partial charge on any atom is -0.377 e. The van der Waals surface area contributed by atoms with Gasteiger partial charge in [-0.1, -0.05) is 22.9 Å². The lowest BCUT2D eigenvalue weighted by Crippen LogP contribution is -2.18. The number of thiocarbonyl (C=S) groups is 1. The molecule has 0 unspecified atom stereocenters. The van der Waals surface area contributed by atoms with Gasteiger partial charge in [0.1, 0.15) is 4.34 Å². The number of thiazole rings is 1. The Balaban J connectivity index is 0. The Morgan fingerprint density at radius 2 is 2.00 bits per heavy atom. The fourth-order valence-corrected chi connectivity index (χ4v) is 0.964. The molecule has 12 heavy (non-hydrogen) atoms. The molecular weight excluding hydrogens is 239 g/mol. The highest BCUT2D eigenvalue weighted by atomic mass is 35.5. The zero-order valence-electron chi connectivity index (χ0n) is 5.86. The maximum Gasteiger partial charge on any atom is 0.181 e. The molecule has 0 amide bonds. The normalized spacial score (nSPS) is 7.42. The number of hydrogen-bond acceptors (Lipinski definition) is 4. The first kappa shape index (κ1) is 14.2. The lowest BCUT2D eigenvalue weighted by molar-refractivity contribution is 1.43. The molecule has 6 N–H and O–H groups in total. The molecule has 0 aliphatic heterocycles. The SMILES string of the molecule is Cl.NC(N)=S.Nc1ncc(Cl)s1. The Morgan fingerprint density at radius 3 is 2.08 bits per heavy atom. The van der Waals surface area contributed by atoms with Crippen LogP contribution in [0.4, 0.5) is 5.13 Å². The summed E-state index contributed by atoms with van der Waals surface area (Å²) in [5, 5.41) is 0.519. The van der Waals surface area contributed by atoms with E-state index < -0.39 is 0 Å². The average Bonchev–Trinajstić information content (AvgIpc) is 2.13. The van der Waals surface area contributed by atoms with Gasteiger partial charge in [0, 0.05) is 0 Å². The van der Waals surface area contributed by atoms with Crippen LogP contribution in [0.2, 0.25) is 4.34 Å². The van der Waals surface area contributed by atoms with Crippen LogP contribution in [0.5, 0.6) is 0 Å². The predicted molar refractivity (Wildman–Crippen MR) is 59.8 cm³/mol. The largest absolute Gasteiger partial charge is 0.377 e. The van der Waals surface area contributed by atoms with Gasteiger partial charge < -0.3 is 17.2 Å². The summed E-state index contributed by atoms with van der Waals surface area (Å²) in [6.45, 7) is 0. The van der Waals surface area contributed by atoms with Crippen molar-refractivity contribution in [3.63, 3.8) is 0 Å². The molecule has 0 fully saturated rings. The van der Waals surface area contributed by atoms with Crippen molar-refractivity contribution in [2.75, 3.05) is 5.73 Å². The van der Waals surface area contributed by atoms with Crippen molar-refractivity contribution >= 4 is 57.8 Å². The molecule has 1 rings (SSSR count). The van der Waals surface area contributed by atoms with Crippen molar-refractivity contribution in [3.8, 4) is 0 Å². The van der Waals surface area contributed by atoms with E-state index in [-0.39, 0.29) is 17.5 Å². The maximum absolute atomic E-state index is 5.44. The predicted octanol–water partition coefficient (Wildman–Crippen LogP) is 0.989. The number of nitrogens with two attached hydrogens (primary N) is 3. The van der Waals surface area contributed by atoms with Gasteiger partial charge in [-0.2, -0.15) is 0 Å². The number of halogens is 2. The zero-order valence-corrected chi connectivity index (χ0v) is 9.06. The zero-order chi connectivity index (χ0) is 8.85. The second-order valence-electron chi connectivity index (χ2n) is 1.40. The first-order valence-corrected chi connectivity index (χ1v) is 4.04. The molecular formula is C4H8Cl2N4S2. The average molecular weight is 247 g/mol. The van der Waals surface area contributed by atoms with Gasteiger partial charge in [-0.15, -0.1) is 12.4 Å². The summed E-state index contributed by atoms with van der Waals surface area (Å²) in [6, 6.07) is 0. The minimum absolute atomic E-state index is 0. The van der Waals surface area contributed by atoms with Gasteiger partial charge in [-0.25, -0.2) is 4.98 Å². The summed E-state index contributed by atoms with van der Waals surface area (Å²) in [5.41, 5.74) is 14.4. The van der Waals surface area contributed by atoms with E-state index in [4.69, 9.17) is 17.3 Å². The van der Waals surface area contributed by atoms with Crippen LogP contribution in [0, 0.1) is 0 Å². The smallest absolute Gasteiger partial charge is 0.181 e. The molecule has 0 atom stereocenters. The number of aromatic nitrogens is 1. The molecule has 0 aliphatic rings. The molecule has 1 aromatic heterocycles. The van der Waals surface area contributed by atoms with Gasteiger partial charge in [-0.05, 0) is 12.2 Å². The van der Waals surface area contributed by atoms with Crippen molar-refractivity contribution in [2.24, 2.45) is 11.5 Å². The molecule has 0 spiro atoms. The van der Waals surface area contributed by atoms with E-state index >= 15 is 0 Å². The number of nitrogens with zero attached hydrogens (tertiary/aromatic N) is 1. The number of rotatable bonds is 0. The third-order valence-electron chi connectivity index (χ3n) is 0.495. The van der Waals surface area contributed by atoms with E-state index in [0.29, 0.717) is 9.47 Å². The summed E-state index contributed by atoms with van der Waals surface area (Å²) in [4.78, 5) is 3.68. The number of hydrogen-bond donors (Lipinski definition) is 3. The van der Waals surface area contributed by atoms with E-state index in [2.05, 4.69) is 28.7 Å². The van der Waals surface area contributed by atoms with Crippen LogP contribution < -0.4 is 17.2 Å². The van der Waals surface area contributed by atoms with Gasteiger partial charge in [0.2, 0.25) is 0 Å². The van der Waals surface area contributed by atoms with Gasteiger partial charge in [0.05, 0.1) is 6.20 Å². The molecule has 0 aliphatic carbocycles. The van der Waals surface area contributed by atoms with Gasteiger partial charge in [0.25, 0.3) is 0 Å². The molecule has 0 radical (unpaired) electrons. The summed E-state index contributed by atoms with van der Waals surface area (Å²) in [7, 11) is 0. The summed E-state index contributed by atoms with van der Waals surface area (Å²) < 4.78 is 0.637. The fourth-order valence-electron chi connectivity index (χ4n) is 0.267. The van der Waals surface area contributed by atoms with E-state index in [1.165, 1.54) is 17.5 Å². The minimum atomic E-state index is 0. The third-order valence-corrected chi connectivity index (χ3v) is 1.44. The van der Waals surface area contributed by atoms with Crippen LogP contribution in [0.25, 0.3) is 0 Å². The topological polar surface area (TPSA) is 91.0 Å². The van der Waals surface area contributed by atoms with Crippen LogP contribution in [-0.4, -0.2) is 10.1 Å². The van der Waals surface area contributed by atoms with Crippen molar-refractivity contribution < 1.29 is 0 Å². The summed E-state index contributed by atoms with van der Waals surface area (Å²) in [6.07, 6.45) is 1.53. The van der Waals surface area contributed by atoms with Crippen molar-refractivity contribution in [1.82, 2.24) is 4.98 Å². The van der Waals surface area contributed by atoms with Crippen molar-refractivity contribution in [3.05, 3.63) is 10.5 Å². The van der Waals surface area contributed by atoms with Crippen LogP contribution in [0.3, 0.4) is 0 Å². The molecule has 70 valence electrons. The molecule has 0 aromatic carbocycles. The first-order valence-electron chi connectivity index (χ1n) is 2.44. The first-order chi connectivity index (χ1) is 5.02. The van der Waals surface area contributed by atoms with Crippen LogP contribution in [0.1, 0.15) is 0 Å². The Bertz CT molecular complexity index is 218. The second kappa shape index (κ2) is 7.35. The highest BCUT2D eigenvalue weighted by molar-refractivity contribution is 7.80. The van der Waals surface area contributed by atoms with Gasteiger partial charge in [0.15, 0.2) is 10.2 Å². The molecule has 0 bridgehead atoms. The maximum atomic E-state index is 5.44. The number of nitrogen functional groups attached to an aromatic ring is 1. The molecule has 0 saturated carbocycles. The van der Waals surface area contributed by atoms with Crippen LogP contribution in [0.15, 0.2) is 6.20 Å². The van der Waals surface area contributed by atoms with Gasteiger partial charge in [-0.3, -0.25) is 0 Å². The lowest BCUT2D eigenvalue weighted by Gasteiger charge is -1.68. The van der Waals surface area contributed by atoms with E-state index in [0.717, 1.165) is 0 Å². The van der Waals surface area contributed by atoms with E-state index in [1.54, 1.807) is 0 Å².